The first-order chi connectivity index (χ1) is 8.61. The van der Waals surface area contributed by atoms with Crippen LogP contribution >= 0.6 is 27.5 Å². The molecule has 0 radical (unpaired) electrons. The standard InChI is InChI=1S/C14H20BrClN2/c1-17(2)12-4-3-7-18(10-12)14-6-5-11(9-15)8-13(14)16/h5-6,8,12H,3-4,7,9-10H2,1-2H3. The molecule has 0 bridgehead atoms. The van der Waals surface area contributed by atoms with Crippen LogP contribution < -0.4 is 4.90 Å². The molecule has 1 atom stereocenters. The van der Waals surface area contributed by atoms with Crippen LogP contribution in [0.5, 0.6) is 0 Å². The first kappa shape index (κ1) is 14.2. The summed E-state index contributed by atoms with van der Waals surface area (Å²) in [5, 5.41) is 1.72. The van der Waals surface area contributed by atoms with E-state index in [4.69, 9.17) is 11.6 Å². The van der Waals surface area contributed by atoms with Gasteiger partial charge in [0.15, 0.2) is 0 Å². The van der Waals surface area contributed by atoms with Gasteiger partial charge in [0.2, 0.25) is 0 Å². The molecule has 2 nitrogen and oxygen atoms in total. The second-order valence-electron chi connectivity index (χ2n) is 5.13. The van der Waals surface area contributed by atoms with Crippen LogP contribution in [0.15, 0.2) is 18.2 Å². The zero-order valence-electron chi connectivity index (χ0n) is 11.0. The lowest BCUT2D eigenvalue weighted by Crippen LogP contribution is -2.45. The highest BCUT2D eigenvalue weighted by molar-refractivity contribution is 9.08. The Kier molecular flexibility index (Phi) is 4.93. The minimum Gasteiger partial charge on any atom is -0.369 e. The fourth-order valence-corrected chi connectivity index (χ4v) is 3.16. The van der Waals surface area contributed by atoms with Gasteiger partial charge in [0.25, 0.3) is 0 Å². The first-order valence-corrected chi connectivity index (χ1v) is 7.87. The van der Waals surface area contributed by atoms with E-state index in [1.54, 1.807) is 0 Å². The number of anilines is 1. The van der Waals surface area contributed by atoms with Crippen LogP contribution in [0.3, 0.4) is 0 Å². The molecule has 1 saturated heterocycles. The van der Waals surface area contributed by atoms with Gasteiger partial charge in [-0.15, -0.1) is 0 Å². The van der Waals surface area contributed by atoms with E-state index in [2.05, 4.69) is 58.0 Å². The average molecular weight is 332 g/mol. The van der Waals surface area contributed by atoms with Gasteiger partial charge in [-0.05, 0) is 44.6 Å². The van der Waals surface area contributed by atoms with Crippen LogP contribution in [0.25, 0.3) is 0 Å². The van der Waals surface area contributed by atoms with E-state index < -0.39 is 0 Å². The van der Waals surface area contributed by atoms with Crippen molar-refractivity contribution >= 4 is 33.2 Å². The molecule has 0 N–H and O–H groups in total. The number of halogens is 2. The summed E-state index contributed by atoms with van der Waals surface area (Å²) in [5.41, 5.74) is 2.40. The van der Waals surface area contributed by atoms with Gasteiger partial charge >= 0.3 is 0 Å². The largest absolute Gasteiger partial charge is 0.369 e. The lowest BCUT2D eigenvalue weighted by Gasteiger charge is -2.37. The topological polar surface area (TPSA) is 6.48 Å². The van der Waals surface area contributed by atoms with E-state index in [-0.39, 0.29) is 0 Å². The Morgan fingerprint density at radius 1 is 1.44 bits per heavy atom. The monoisotopic (exact) mass is 330 g/mol. The number of rotatable bonds is 3. The molecule has 1 heterocycles. The third-order valence-electron chi connectivity index (χ3n) is 3.63. The van der Waals surface area contributed by atoms with Gasteiger partial charge in [0.1, 0.15) is 0 Å². The predicted molar refractivity (Wildman–Crippen MR) is 83.0 cm³/mol. The Balaban J connectivity index is 2.15. The van der Waals surface area contributed by atoms with Crippen molar-refractivity contribution in [3.63, 3.8) is 0 Å². The molecule has 1 aromatic carbocycles. The number of piperidine rings is 1. The number of likely N-dealkylation sites (N-methyl/N-ethyl adjacent to an activating group) is 1. The van der Waals surface area contributed by atoms with Crippen molar-refractivity contribution in [1.29, 1.82) is 0 Å². The van der Waals surface area contributed by atoms with Crippen LogP contribution in [0.4, 0.5) is 5.69 Å². The van der Waals surface area contributed by atoms with Gasteiger partial charge in [-0.3, -0.25) is 0 Å². The highest BCUT2D eigenvalue weighted by atomic mass is 79.9. The van der Waals surface area contributed by atoms with Gasteiger partial charge in [-0.1, -0.05) is 33.6 Å². The van der Waals surface area contributed by atoms with Crippen molar-refractivity contribution < 1.29 is 0 Å². The van der Waals surface area contributed by atoms with Crippen LogP contribution in [-0.2, 0) is 5.33 Å². The third kappa shape index (κ3) is 3.19. The van der Waals surface area contributed by atoms with Crippen molar-refractivity contribution in [2.45, 2.75) is 24.2 Å². The van der Waals surface area contributed by atoms with Gasteiger partial charge in [-0.25, -0.2) is 0 Å². The van der Waals surface area contributed by atoms with Gasteiger partial charge in [0, 0.05) is 24.5 Å². The van der Waals surface area contributed by atoms with Crippen molar-refractivity contribution in [1.82, 2.24) is 4.90 Å². The number of hydrogen-bond acceptors (Lipinski definition) is 2. The molecular weight excluding hydrogens is 312 g/mol. The van der Waals surface area contributed by atoms with Crippen molar-refractivity contribution in [3.05, 3.63) is 28.8 Å². The molecule has 0 aromatic heterocycles. The number of nitrogens with zero attached hydrogens (tertiary/aromatic N) is 2. The lowest BCUT2D eigenvalue weighted by molar-refractivity contribution is 0.258. The Hall–Kier alpha value is -0.250. The molecular formula is C14H20BrClN2. The zero-order chi connectivity index (χ0) is 13.1. The first-order valence-electron chi connectivity index (χ1n) is 6.37. The molecule has 1 aliphatic heterocycles. The molecule has 4 heteroatoms. The highest BCUT2D eigenvalue weighted by Crippen LogP contribution is 2.30. The predicted octanol–water partition coefficient (Wildman–Crippen LogP) is 3.77. The fourth-order valence-electron chi connectivity index (χ4n) is 2.49. The average Bonchev–Trinajstić information content (AvgIpc) is 2.38. The summed E-state index contributed by atoms with van der Waals surface area (Å²) in [7, 11) is 4.31. The van der Waals surface area contributed by atoms with E-state index in [9.17, 15) is 0 Å². The molecule has 18 heavy (non-hydrogen) atoms. The molecule has 1 aliphatic rings. The second-order valence-corrected chi connectivity index (χ2v) is 6.09. The van der Waals surface area contributed by atoms with Gasteiger partial charge < -0.3 is 9.80 Å². The van der Waals surface area contributed by atoms with Gasteiger partial charge in [-0.2, -0.15) is 0 Å². The van der Waals surface area contributed by atoms with E-state index in [0.717, 1.165) is 23.4 Å². The SMILES string of the molecule is CN(C)C1CCCN(c2ccc(CBr)cc2Cl)C1. The third-order valence-corrected chi connectivity index (χ3v) is 4.58. The molecule has 0 aliphatic carbocycles. The zero-order valence-corrected chi connectivity index (χ0v) is 13.3. The van der Waals surface area contributed by atoms with Crippen LogP contribution in [0, 0.1) is 0 Å². The maximum Gasteiger partial charge on any atom is 0.0642 e. The second kappa shape index (κ2) is 6.27. The fraction of sp³-hybridized carbons (Fsp3) is 0.571. The van der Waals surface area contributed by atoms with Crippen LogP contribution in [0.2, 0.25) is 5.02 Å². The highest BCUT2D eigenvalue weighted by Gasteiger charge is 2.22. The Morgan fingerprint density at radius 2 is 2.22 bits per heavy atom. The summed E-state index contributed by atoms with van der Waals surface area (Å²) in [6.07, 6.45) is 2.51. The molecule has 1 unspecified atom stereocenters. The van der Waals surface area contributed by atoms with E-state index in [1.807, 2.05) is 0 Å². The Labute approximate surface area is 123 Å². The minimum atomic E-state index is 0.630. The molecule has 100 valence electrons. The summed E-state index contributed by atoms with van der Waals surface area (Å²) in [4.78, 5) is 4.72. The maximum atomic E-state index is 6.39. The molecule has 0 saturated carbocycles. The molecule has 0 amide bonds. The van der Waals surface area contributed by atoms with E-state index >= 15 is 0 Å². The van der Waals surface area contributed by atoms with Crippen molar-refractivity contribution in [2.75, 3.05) is 32.1 Å². The number of hydrogen-bond donors (Lipinski definition) is 0. The Morgan fingerprint density at radius 3 is 2.83 bits per heavy atom. The number of benzene rings is 1. The summed E-state index contributed by atoms with van der Waals surface area (Å²) < 4.78 is 0. The van der Waals surface area contributed by atoms with E-state index in [1.165, 1.54) is 24.1 Å². The lowest BCUT2D eigenvalue weighted by atomic mass is 10.0. The van der Waals surface area contributed by atoms with Crippen LogP contribution in [0.1, 0.15) is 18.4 Å². The molecule has 1 aromatic rings. The summed E-state index contributed by atoms with van der Waals surface area (Å²) >= 11 is 9.85. The minimum absolute atomic E-state index is 0.630. The van der Waals surface area contributed by atoms with Crippen molar-refractivity contribution in [3.8, 4) is 0 Å². The Bertz CT molecular complexity index is 409. The molecule has 0 spiro atoms. The molecule has 2 rings (SSSR count). The smallest absolute Gasteiger partial charge is 0.0642 e. The maximum absolute atomic E-state index is 6.39. The van der Waals surface area contributed by atoms with E-state index in [0.29, 0.717) is 6.04 Å². The normalized spacial score (nSPS) is 20.5. The van der Waals surface area contributed by atoms with Gasteiger partial charge in [0.05, 0.1) is 10.7 Å². The summed E-state index contributed by atoms with van der Waals surface area (Å²) in [5.74, 6) is 0. The van der Waals surface area contributed by atoms with Crippen molar-refractivity contribution in [2.24, 2.45) is 0 Å². The van der Waals surface area contributed by atoms with Crippen LogP contribution in [-0.4, -0.2) is 38.1 Å². The summed E-state index contributed by atoms with van der Waals surface area (Å²) in [6, 6.07) is 6.99. The quantitative estimate of drug-likeness (QED) is 0.778. The molecule has 1 fully saturated rings. The number of alkyl halides is 1. The summed E-state index contributed by atoms with van der Waals surface area (Å²) in [6.45, 7) is 2.18.